The fraction of sp³-hybridized carbons (Fsp3) is 0.600. The van der Waals surface area contributed by atoms with Crippen molar-refractivity contribution in [3.05, 3.63) is 6.92 Å². The summed E-state index contributed by atoms with van der Waals surface area (Å²) in [6.07, 6.45) is 2.43. The maximum atomic E-state index is 8.94. The van der Waals surface area contributed by atoms with E-state index in [1.165, 1.54) is 13.5 Å². The van der Waals surface area contributed by atoms with Crippen LogP contribution in [0.3, 0.4) is 0 Å². The molecule has 3 heteroatoms. The van der Waals surface area contributed by atoms with E-state index in [9.17, 15) is 0 Å². The van der Waals surface area contributed by atoms with Crippen LogP contribution in [-0.4, -0.2) is 13.5 Å². The number of nitrogens with one attached hydrogen (secondary N) is 1. The summed E-state index contributed by atoms with van der Waals surface area (Å²) in [4.78, 5) is 8.94. The van der Waals surface area contributed by atoms with Crippen molar-refractivity contribution in [2.75, 3.05) is 7.05 Å². The van der Waals surface area contributed by atoms with Crippen LogP contribution in [0.15, 0.2) is 0 Å². The largest absolute Gasteiger partial charge is 0.532 e. The summed E-state index contributed by atoms with van der Waals surface area (Å²) in [6, 6.07) is 0. The van der Waals surface area contributed by atoms with Crippen LogP contribution in [0.1, 0.15) is 13.3 Å². The quantitative estimate of drug-likeness (QED) is 0.473. The van der Waals surface area contributed by atoms with Crippen LogP contribution in [0.2, 0.25) is 0 Å². The van der Waals surface area contributed by atoms with Crippen molar-refractivity contribution >= 4 is 6.41 Å². The molecule has 0 unspecified atom stereocenters. The summed E-state index contributed by atoms with van der Waals surface area (Å²) < 4.78 is 0. The second-order valence-electron chi connectivity index (χ2n) is 0.852. The third kappa shape index (κ3) is 82.4. The molecule has 0 aliphatic rings. The molecule has 2 nitrogen and oxygen atoms in total. The Hall–Kier alpha value is 0.574. The molecule has 0 heterocycles. The SMILES string of the molecule is CN[C-]=O.[CH2-]CC.[Y]. The molecule has 0 rings (SSSR count). The Morgan fingerprint density at radius 2 is 1.88 bits per heavy atom. The van der Waals surface area contributed by atoms with E-state index in [2.05, 4.69) is 12.2 Å². The van der Waals surface area contributed by atoms with Crippen LogP contribution in [0, 0.1) is 6.92 Å². The average molecular weight is 190 g/mol. The first-order chi connectivity index (χ1) is 3.33. The molecule has 0 saturated heterocycles. The molecule has 0 aliphatic heterocycles. The van der Waals surface area contributed by atoms with Crippen molar-refractivity contribution in [3.63, 3.8) is 0 Å². The molecule has 0 fully saturated rings. The van der Waals surface area contributed by atoms with E-state index < -0.39 is 0 Å². The van der Waals surface area contributed by atoms with Crippen molar-refractivity contribution in [2.45, 2.75) is 13.3 Å². The van der Waals surface area contributed by atoms with Gasteiger partial charge in [0.05, 0.1) is 0 Å². The first-order valence-electron chi connectivity index (χ1n) is 2.16. The van der Waals surface area contributed by atoms with Crippen LogP contribution in [-0.2, 0) is 37.5 Å². The van der Waals surface area contributed by atoms with E-state index in [1.807, 2.05) is 6.92 Å². The smallest absolute Gasteiger partial charge is 0 e. The molecule has 1 amide bonds. The zero-order valence-electron chi connectivity index (χ0n) is 5.40. The van der Waals surface area contributed by atoms with Gasteiger partial charge in [-0.3, -0.25) is 0 Å². The molecule has 1 radical (unpaired) electrons. The minimum Gasteiger partial charge on any atom is -0.532 e. The zero-order valence-corrected chi connectivity index (χ0v) is 8.24. The van der Waals surface area contributed by atoms with E-state index in [0.29, 0.717) is 0 Å². The number of carbonyl (C=O) groups excluding carboxylic acids is 1. The molecule has 0 aromatic rings. The van der Waals surface area contributed by atoms with E-state index in [1.54, 1.807) is 0 Å². The standard InChI is InChI=1S/C3H7.C2H4NO.Y/c1-3-2;1-3-2-4;/h1,3H2,2H3;1H3,(H,3,4);/q2*-1;. The van der Waals surface area contributed by atoms with Crippen molar-refractivity contribution < 1.29 is 37.5 Å². The van der Waals surface area contributed by atoms with Crippen LogP contribution < -0.4 is 5.32 Å². The molecule has 0 aromatic carbocycles. The number of rotatable bonds is 1. The first-order valence-corrected chi connectivity index (χ1v) is 2.16. The summed E-state index contributed by atoms with van der Waals surface area (Å²) in [7, 11) is 1.51. The molecule has 0 bridgehead atoms. The van der Waals surface area contributed by atoms with Crippen LogP contribution in [0.5, 0.6) is 0 Å². The minimum atomic E-state index is 0. The topological polar surface area (TPSA) is 29.1 Å². The van der Waals surface area contributed by atoms with Gasteiger partial charge >= 0.3 is 0 Å². The maximum Gasteiger partial charge on any atom is 0 e. The molecule has 0 aliphatic carbocycles. The monoisotopic (exact) mass is 190 g/mol. The van der Waals surface area contributed by atoms with Gasteiger partial charge in [-0.15, -0.1) is 0 Å². The molecule has 0 atom stereocenters. The summed E-state index contributed by atoms with van der Waals surface area (Å²) >= 11 is 0. The van der Waals surface area contributed by atoms with Gasteiger partial charge in [0.15, 0.2) is 0 Å². The summed E-state index contributed by atoms with van der Waals surface area (Å²) in [5.74, 6) is 0. The van der Waals surface area contributed by atoms with E-state index in [4.69, 9.17) is 4.79 Å². The fourth-order valence-electron chi connectivity index (χ4n) is 0. The van der Waals surface area contributed by atoms with Crippen LogP contribution in [0.25, 0.3) is 0 Å². The van der Waals surface area contributed by atoms with Gasteiger partial charge in [-0.05, 0) is 7.05 Å². The fourth-order valence-corrected chi connectivity index (χ4v) is 0. The Kier molecular flexibility index (Phi) is 50.7. The van der Waals surface area contributed by atoms with Gasteiger partial charge in [0.1, 0.15) is 0 Å². The third-order valence-electron chi connectivity index (χ3n) is 0.102. The molecule has 0 aromatic heterocycles. The normalized spacial score (nSPS) is 4.88. The Morgan fingerprint density at radius 1 is 1.75 bits per heavy atom. The van der Waals surface area contributed by atoms with Crippen molar-refractivity contribution in [3.8, 4) is 0 Å². The number of hydrogen-bond acceptors (Lipinski definition) is 1. The Bertz CT molecular complexity index is 33.6. The Balaban J connectivity index is -0.0000000575. The van der Waals surface area contributed by atoms with Gasteiger partial charge < -0.3 is 17.0 Å². The molecule has 0 spiro atoms. The summed E-state index contributed by atoms with van der Waals surface area (Å²) in [5.41, 5.74) is 0. The third-order valence-corrected chi connectivity index (χ3v) is 0.102. The number of amides is 1. The Morgan fingerprint density at radius 3 is 1.88 bits per heavy atom. The van der Waals surface area contributed by atoms with Crippen molar-refractivity contribution in [1.82, 2.24) is 5.32 Å². The number of hydrogen-bond donors (Lipinski definition) is 1. The van der Waals surface area contributed by atoms with Gasteiger partial charge in [-0.25, -0.2) is 0 Å². The van der Waals surface area contributed by atoms with E-state index in [0.717, 1.165) is 6.42 Å². The van der Waals surface area contributed by atoms with Crippen molar-refractivity contribution in [1.29, 1.82) is 0 Å². The Labute approximate surface area is 76.3 Å². The molecule has 47 valence electrons. The summed E-state index contributed by atoms with van der Waals surface area (Å²) in [5, 5.41) is 2.12. The van der Waals surface area contributed by atoms with E-state index >= 15 is 0 Å². The predicted molar refractivity (Wildman–Crippen MR) is 30.4 cm³/mol. The molecule has 0 saturated carbocycles. The molecule has 1 N–H and O–H groups in total. The predicted octanol–water partition coefficient (Wildman–Crippen LogP) is 0.501. The second kappa shape index (κ2) is 25.6. The van der Waals surface area contributed by atoms with Crippen LogP contribution >= 0.6 is 0 Å². The van der Waals surface area contributed by atoms with Gasteiger partial charge in [-0.1, -0.05) is 6.92 Å². The minimum absolute atomic E-state index is 0. The zero-order chi connectivity index (χ0) is 6.12. The summed E-state index contributed by atoms with van der Waals surface area (Å²) in [6.45, 7) is 5.50. The molecular formula is C5H11NOY-2. The maximum absolute atomic E-state index is 8.94. The van der Waals surface area contributed by atoms with Gasteiger partial charge in [-0.2, -0.15) is 12.8 Å². The second-order valence-corrected chi connectivity index (χ2v) is 0.852. The van der Waals surface area contributed by atoms with Crippen molar-refractivity contribution in [2.24, 2.45) is 0 Å². The van der Waals surface area contributed by atoms with Crippen LogP contribution in [0.4, 0.5) is 0 Å². The molecule has 8 heavy (non-hydrogen) atoms. The van der Waals surface area contributed by atoms with E-state index in [-0.39, 0.29) is 32.7 Å². The first kappa shape index (κ1) is 15.8. The van der Waals surface area contributed by atoms with Gasteiger partial charge in [0, 0.05) is 32.7 Å². The molecular weight excluding hydrogens is 179 g/mol. The van der Waals surface area contributed by atoms with Gasteiger partial charge in [0.2, 0.25) is 0 Å². The van der Waals surface area contributed by atoms with Gasteiger partial charge in [0.25, 0.3) is 0 Å². The average Bonchev–Trinajstić information content (AvgIpc) is 1.69.